The summed E-state index contributed by atoms with van der Waals surface area (Å²) < 4.78 is 13.4. The zero-order chi connectivity index (χ0) is 12.4. The topological polar surface area (TPSA) is 38.0 Å². The maximum absolute atomic E-state index is 13.4. The van der Waals surface area contributed by atoms with E-state index in [1.165, 1.54) is 23.5 Å². The van der Waals surface area contributed by atoms with Crippen molar-refractivity contribution in [1.29, 1.82) is 0 Å². The summed E-state index contributed by atoms with van der Waals surface area (Å²) >= 11 is 13.1. The quantitative estimate of drug-likeness (QED) is 0.667. The van der Waals surface area contributed by atoms with Gasteiger partial charge in [0.25, 0.3) is 0 Å². The van der Waals surface area contributed by atoms with E-state index in [9.17, 15) is 4.39 Å². The van der Waals surface area contributed by atoms with Crippen LogP contribution in [0.4, 0.5) is 4.39 Å². The minimum absolute atomic E-state index is 0.0850. The van der Waals surface area contributed by atoms with Gasteiger partial charge in [-0.1, -0.05) is 29.3 Å². The third-order valence-corrected chi connectivity index (χ3v) is 4.08. The van der Waals surface area contributed by atoms with Gasteiger partial charge in [-0.15, -0.1) is 11.3 Å². The molecule has 1 aromatic heterocycles. The van der Waals surface area contributed by atoms with Gasteiger partial charge in [-0.25, -0.2) is 9.82 Å². The number of rotatable bonds is 3. The second-order valence-electron chi connectivity index (χ2n) is 3.41. The van der Waals surface area contributed by atoms with Gasteiger partial charge in [-0.3, -0.25) is 5.84 Å². The molecule has 0 radical (unpaired) electrons. The lowest BCUT2D eigenvalue weighted by atomic mass is 10.1. The highest BCUT2D eigenvalue weighted by molar-refractivity contribution is 7.10. The van der Waals surface area contributed by atoms with Gasteiger partial charge in [0, 0.05) is 4.88 Å². The molecule has 0 aliphatic carbocycles. The van der Waals surface area contributed by atoms with Crippen LogP contribution in [0.2, 0.25) is 10.0 Å². The summed E-state index contributed by atoms with van der Waals surface area (Å²) in [5, 5.41) is 2.55. The zero-order valence-electron chi connectivity index (χ0n) is 8.58. The molecule has 3 N–H and O–H groups in total. The SMILES string of the molecule is NNC(c1ccc(Cl)c(F)c1)c1sccc1Cl. The van der Waals surface area contributed by atoms with Crippen LogP contribution in [0, 0.1) is 5.82 Å². The molecule has 0 saturated carbocycles. The van der Waals surface area contributed by atoms with Crippen LogP contribution in [-0.2, 0) is 0 Å². The van der Waals surface area contributed by atoms with Gasteiger partial charge >= 0.3 is 0 Å². The average molecular weight is 291 g/mol. The minimum atomic E-state index is -0.475. The molecule has 0 spiro atoms. The molecule has 0 saturated heterocycles. The number of halogens is 3. The van der Waals surface area contributed by atoms with E-state index in [0.29, 0.717) is 10.6 Å². The highest BCUT2D eigenvalue weighted by Gasteiger charge is 2.18. The van der Waals surface area contributed by atoms with Crippen molar-refractivity contribution in [3.63, 3.8) is 0 Å². The van der Waals surface area contributed by atoms with E-state index >= 15 is 0 Å². The van der Waals surface area contributed by atoms with Crippen LogP contribution in [0.3, 0.4) is 0 Å². The average Bonchev–Trinajstić information content (AvgIpc) is 2.71. The monoisotopic (exact) mass is 290 g/mol. The summed E-state index contributed by atoms with van der Waals surface area (Å²) in [4.78, 5) is 0.843. The van der Waals surface area contributed by atoms with Gasteiger partial charge in [0.05, 0.1) is 16.1 Å². The number of thiophene rings is 1. The predicted octanol–water partition coefficient (Wildman–Crippen LogP) is 3.75. The van der Waals surface area contributed by atoms with E-state index in [4.69, 9.17) is 29.0 Å². The molecule has 0 bridgehead atoms. The molecule has 0 aliphatic rings. The fourth-order valence-corrected chi connectivity index (χ4v) is 2.90. The summed E-state index contributed by atoms with van der Waals surface area (Å²) in [7, 11) is 0. The maximum atomic E-state index is 13.4. The van der Waals surface area contributed by atoms with Crippen molar-refractivity contribution in [2.45, 2.75) is 6.04 Å². The van der Waals surface area contributed by atoms with Gasteiger partial charge in [0.15, 0.2) is 0 Å². The Labute approximate surface area is 112 Å². The standard InChI is InChI=1S/C11H9Cl2FN2S/c12-7-2-1-6(5-9(7)14)10(16-15)11-8(13)3-4-17-11/h1-5,10,16H,15H2. The molecule has 2 aromatic rings. The normalized spacial score (nSPS) is 12.7. The molecule has 1 unspecified atom stereocenters. The first-order valence-electron chi connectivity index (χ1n) is 4.77. The number of benzene rings is 1. The molecular weight excluding hydrogens is 282 g/mol. The largest absolute Gasteiger partial charge is 0.271 e. The number of nitrogens with one attached hydrogen (secondary N) is 1. The zero-order valence-corrected chi connectivity index (χ0v) is 10.9. The summed E-state index contributed by atoms with van der Waals surface area (Å²) in [6.45, 7) is 0. The first kappa shape index (κ1) is 12.8. The second kappa shape index (κ2) is 5.33. The van der Waals surface area contributed by atoms with Crippen LogP contribution in [-0.4, -0.2) is 0 Å². The van der Waals surface area contributed by atoms with Gasteiger partial charge < -0.3 is 0 Å². The fraction of sp³-hybridized carbons (Fsp3) is 0.0909. The number of hydrazine groups is 1. The minimum Gasteiger partial charge on any atom is -0.271 e. The Morgan fingerprint density at radius 1 is 1.24 bits per heavy atom. The van der Waals surface area contributed by atoms with Crippen molar-refractivity contribution in [3.05, 3.63) is 55.9 Å². The lowest BCUT2D eigenvalue weighted by molar-refractivity contribution is 0.609. The lowest BCUT2D eigenvalue weighted by Crippen LogP contribution is -2.28. The molecule has 0 fully saturated rings. The highest BCUT2D eigenvalue weighted by atomic mass is 35.5. The van der Waals surface area contributed by atoms with Crippen molar-refractivity contribution in [2.24, 2.45) is 5.84 Å². The molecule has 2 nitrogen and oxygen atoms in total. The predicted molar refractivity (Wildman–Crippen MR) is 69.9 cm³/mol. The molecular formula is C11H9Cl2FN2S. The number of nitrogens with two attached hydrogens (primary N) is 1. The van der Waals surface area contributed by atoms with Crippen molar-refractivity contribution in [2.75, 3.05) is 0 Å². The van der Waals surface area contributed by atoms with Crippen molar-refractivity contribution in [3.8, 4) is 0 Å². The molecule has 90 valence electrons. The first-order valence-corrected chi connectivity index (χ1v) is 6.41. The fourth-order valence-electron chi connectivity index (χ4n) is 1.53. The van der Waals surface area contributed by atoms with Crippen molar-refractivity contribution >= 4 is 34.5 Å². The smallest absolute Gasteiger partial charge is 0.142 e. The van der Waals surface area contributed by atoms with Crippen LogP contribution in [0.1, 0.15) is 16.5 Å². The van der Waals surface area contributed by atoms with E-state index in [-0.39, 0.29) is 11.1 Å². The molecule has 1 heterocycles. The van der Waals surface area contributed by atoms with Gasteiger partial charge in [-0.2, -0.15) is 0 Å². The molecule has 17 heavy (non-hydrogen) atoms. The van der Waals surface area contributed by atoms with E-state index in [0.717, 1.165) is 4.88 Å². The van der Waals surface area contributed by atoms with Crippen molar-refractivity contribution in [1.82, 2.24) is 5.43 Å². The summed E-state index contributed by atoms with van der Waals surface area (Å²) in [6, 6.07) is 6.00. The van der Waals surface area contributed by atoms with Crippen LogP contribution >= 0.6 is 34.5 Å². The Kier molecular flexibility index (Phi) is 4.01. The Bertz CT molecular complexity index is 530. The molecule has 6 heteroatoms. The molecule has 1 aromatic carbocycles. The molecule has 1 atom stereocenters. The van der Waals surface area contributed by atoms with Crippen molar-refractivity contribution < 1.29 is 4.39 Å². The van der Waals surface area contributed by atoms with Crippen LogP contribution < -0.4 is 11.3 Å². The Hall–Kier alpha value is -0.650. The van der Waals surface area contributed by atoms with Gasteiger partial charge in [0.1, 0.15) is 5.82 Å². The third-order valence-electron chi connectivity index (χ3n) is 2.35. The summed E-state index contributed by atoms with van der Waals surface area (Å²) in [5.41, 5.74) is 3.30. The van der Waals surface area contributed by atoms with Crippen LogP contribution in [0.5, 0.6) is 0 Å². The molecule has 0 aliphatic heterocycles. The van der Waals surface area contributed by atoms with Crippen LogP contribution in [0.25, 0.3) is 0 Å². The lowest BCUT2D eigenvalue weighted by Gasteiger charge is -2.15. The molecule has 2 rings (SSSR count). The van der Waals surface area contributed by atoms with E-state index in [1.807, 2.05) is 5.38 Å². The summed E-state index contributed by atoms with van der Waals surface area (Å²) in [6.07, 6.45) is 0. The van der Waals surface area contributed by atoms with Gasteiger partial charge in [0.2, 0.25) is 0 Å². The summed E-state index contributed by atoms with van der Waals surface area (Å²) in [5.74, 6) is 5.02. The number of hydrogen-bond donors (Lipinski definition) is 2. The maximum Gasteiger partial charge on any atom is 0.142 e. The Balaban J connectivity index is 2.42. The molecule has 0 amide bonds. The van der Waals surface area contributed by atoms with E-state index in [2.05, 4.69) is 5.43 Å². The number of hydrogen-bond acceptors (Lipinski definition) is 3. The first-order chi connectivity index (χ1) is 8.13. The second-order valence-corrected chi connectivity index (χ2v) is 5.17. The van der Waals surface area contributed by atoms with Gasteiger partial charge in [-0.05, 0) is 29.1 Å². The Morgan fingerprint density at radius 2 is 2.00 bits per heavy atom. The highest BCUT2D eigenvalue weighted by Crippen LogP contribution is 2.33. The third kappa shape index (κ3) is 2.61. The van der Waals surface area contributed by atoms with E-state index < -0.39 is 5.82 Å². The van der Waals surface area contributed by atoms with E-state index in [1.54, 1.807) is 12.1 Å². The van der Waals surface area contributed by atoms with Crippen LogP contribution in [0.15, 0.2) is 29.6 Å². The Morgan fingerprint density at radius 3 is 2.53 bits per heavy atom.